The second-order valence-corrected chi connectivity index (χ2v) is 4.98. The van der Waals surface area contributed by atoms with Gasteiger partial charge in [-0.3, -0.25) is 4.79 Å². The lowest BCUT2D eigenvalue weighted by atomic mass is 10.1. The van der Waals surface area contributed by atoms with Gasteiger partial charge in [0, 0.05) is 31.7 Å². The summed E-state index contributed by atoms with van der Waals surface area (Å²) in [6.07, 6.45) is 4.71. The highest BCUT2D eigenvalue weighted by atomic mass is 35.5. The normalized spacial score (nSPS) is 12.1. The number of carbonyl (C=O) groups excluding carboxylic acids is 1. The third-order valence-electron chi connectivity index (χ3n) is 3.09. The highest BCUT2D eigenvalue weighted by Crippen LogP contribution is 2.20. The number of imidazole rings is 1. The maximum Gasteiger partial charge on any atom is 0.220 e. The minimum atomic E-state index is -0.237. The molecule has 0 bridgehead atoms. The number of nitrogens with one attached hydrogen (secondary N) is 1. The topological polar surface area (TPSA) is 46.9 Å². The number of rotatable bonds is 6. The van der Waals surface area contributed by atoms with Gasteiger partial charge in [0.1, 0.15) is 11.9 Å². The molecule has 1 amide bonds. The molecule has 1 atom stereocenters. The van der Waals surface area contributed by atoms with Gasteiger partial charge < -0.3 is 9.88 Å². The van der Waals surface area contributed by atoms with Crippen LogP contribution in [0.5, 0.6) is 0 Å². The van der Waals surface area contributed by atoms with Crippen LogP contribution in [0.15, 0.2) is 42.7 Å². The molecule has 20 heavy (non-hydrogen) atoms. The van der Waals surface area contributed by atoms with Crippen molar-refractivity contribution < 1.29 is 4.79 Å². The summed E-state index contributed by atoms with van der Waals surface area (Å²) in [5.41, 5.74) is 1.01. The van der Waals surface area contributed by atoms with Gasteiger partial charge in [-0.25, -0.2) is 4.98 Å². The Bertz CT molecular complexity index is 553. The average molecular weight is 292 g/mol. The summed E-state index contributed by atoms with van der Waals surface area (Å²) in [5, 5.41) is 3.03. The van der Waals surface area contributed by atoms with Gasteiger partial charge in [0.2, 0.25) is 5.91 Å². The minimum Gasteiger partial charge on any atom is -0.342 e. The Labute approximate surface area is 123 Å². The zero-order valence-corrected chi connectivity index (χ0v) is 12.2. The number of amides is 1. The van der Waals surface area contributed by atoms with Crippen LogP contribution in [-0.2, 0) is 11.8 Å². The van der Waals surface area contributed by atoms with E-state index in [0.717, 1.165) is 11.4 Å². The molecule has 5 heteroatoms. The van der Waals surface area contributed by atoms with Crippen molar-refractivity contribution in [2.75, 3.05) is 5.88 Å². The molecule has 2 aromatic rings. The largest absolute Gasteiger partial charge is 0.342 e. The van der Waals surface area contributed by atoms with Crippen LogP contribution in [0, 0.1) is 0 Å². The van der Waals surface area contributed by atoms with E-state index in [4.69, 9.17) is 11.6 Å². The molecule has 0 aliphatic carbocycles. The molecule has 106 valence electrons. The molecule has 1 N–H and O–H groups in total. The predicted molar refractivity (Wildman–Crippen MR) is 79.6 cm³/mol. The van der Waals surface area contributed by atoms with Crippen LogP contribution in [0.2, 0.25) is 0 Å². The van der Waals surface area contributed by atoms with Gasteiger partial charge in [-0.2, -0.15) is 0 Å². The standard InChI is InChI=1S/C15H18ClN3O/c1-19-11-10-17-15(19)14(12-6-3-2-4-7-12)18-13(20)8-5-9-16/h2-4,6-7,10-11,14H,5,8-9H2,1H3,(H,18,20). The second-order valence-electron chi connectivity index (χ2n) is 4.60. The lowest BCUT2D eigenvalue weighted by molar-refractivity contribution is -0.121. The number of hydrogen-bond donors (Lipinski definition) is 1. The van der Waals surface area contributed by atoms with Gasteiger partial charge >= 0.3 is 0 Å². The van der Waals surface area contributed by atoms with E-state index in [2.05, 4.69) is 10.3 Å². The Morgan fingerprint density at radius 3 is 2.75 bits per heavy atom. The van der Waals surface area contributed by atoms with E-state index in [1.807, 2.05) is 48.1 Å². The quantitative estimate of drug-likeness (QED) is 0.832. The molecule has 2 rings (SSSR count). The maximum absolute atomic E-state index is 12.0. The van der Waals surface area contributed by atoms with E-state index in [0.29, 0.717) is 18.7 Å². The van der Waals surface area contributed by atoms with Gasteiger partial charge in [-0.15, -0.1) is 11.6 Å². The third kappa shape index (κ3) is 3.61. The number of aryl methyl sites for hydroxylation is 1. The van der Waals surface area contributed by atoms with E-state index >= 15 is 0 Å². The van der Waals surface area contributed by atoms with Crippen molar-refractivity contribution >= 4 is 17.5 Å². The fourth-order valence-corrected chi connectivity index (χ4v) is 2.19. The Balaban J connectivity index is 2.22. The molecule has 0 aliphatic rings. The number of nitrogens with zero attached hydrogens (tertiary/aromatic N) is 2. The third-order valence-corrected chi connectivity index (χ3v) is 3.36. The lowest BCUT2D eigenvalue weighted by Gasteiger charge is -2.19. The summed E-state index contributed by atoms with van der Waals surface area (Å²) in [4.78, 5) is 16.3. The van der Waals surface area contributed by atoms with E-state index in [9.17, 15) is 4.79 Å². The van der Waals surface area contributed by atoms with Gasteiger partial charge in [-0.05, 0) is 12.0 Å². The molecule has 0 fully saturated rings. The van der Waals surface area contributed by atoms with Crippen LogP contribution in [0.25, 0.3) is 0 Å². The van der Waals surface area contributed by atoms with E-state index in [1.54, 1.807) is 6.20 Å². The Hall–Kier alpha value is -1.81. The molecule has 0 aliphatic heterocycles. The van der Waals surface area contributed by atoms with Crippen molar-refractivity contribution in [1.29, 1.82) is 0 Å². The molecule has 0 saturated heterocycles. The minimum absolute atomic E-state index is 0.0116. The van der Waals surface area contributed by atoms with Crippen molar-refractivity contribution in [2.24, 2.45) is 7.05 Å². The van der Waals surface area contributed by atoms with Crippen molar-refractivity contribution in [1.82, 2.24) is 14.9 Å². The molecule has 4 nitrogen and oxygen atoms in total. The second kappa shape index (κ2) is 7.10. The van der Waals surface area contributed by atoms with Crippen molar-refractivity contribution in [2.45, 2.75) is 18.9 Å². The smallest absolute Gasteiger partial charge is 0.220 e. The number of halogens is 1. The van der Waals surface area contributed by atoms with Crippen LogP contribution in [0.1, 0.15) is 30.3 Å². The summed E-state index contributed by atoms with van der Waals surface area (Å²) in [6.45, 7) is 0. The first-order valence-corrected chi connectivity index (χ1v) is 7.13. The number of hydrogen-bond acceptors (Lipinski definition) is 2. The highest BCUT2D eigenvalue weighted by molar-refractivity contribution is 6.17. The van der Waals surface area contributed by atoms with Crippen molar-refractivity contribution in [3.63, 3.8) is 0 Å². The van der Waals surface area contributed by atoms with Crippen LogP contribution in [0.3, 0.4) is 0 Å². The van der Waals surface area contributed by atoms with E-state index < -0.39 is 0 Å². The molecule has 1 heterocycles. The first-order chi connectivity index (χ1) is 9.72. The average Bonchev–Trinajstić information content (AvgIpc) is 2.89. The van der Waals surface area contributed by atoms with E-state index in [-0.39, 0.29) is 11.9 Å². The maximum atomic E-state index is 12.0. The predicted octanol–water partition coefficient (Wildman–Crippen LogP) is 2.64. The summed E-state index contributed by atoms with van der Waals surface area (Å²) in [5.74, 6) is 1.30. The number of aromatic nitrogens is 2. The molecule has 1 unspecified atom stereocenters. The summed E-state index contributed by atoms with van der Waals surface area (Å²) < 4.78 is 1.92. The summed E-state index contributed by atoms with van der Waals surface area (Å²) in [6, 6.07) is 9.60. The fraction of sp³-hybridized carbons (Fsp3) is 0.333. The summed E-state index contributed by atoms with van der Waals surface area (Å²) >= 11 is 5.63. The van der Waals surface area contributed by atoms with Crippen molar-refractivity contribution in [3.8, 4) is 0 Å². The zero-order valence-electron chi connectivity index (χ0n) is 11.4. The molecule has 0 radical (unpaired) electrons. The van der Waals surface area contributed by atoms with Gasteiger partial charge in [-0.1, -0.05) is 30.3 Å². The van der Waals surface area contributed by atoms with Gasteiger partial charge in [0.15, 0.2) is 0 Å². The monoisotopic (exact) mass is 291 g/mol. The SMILES string of the molecule is Cn1ccnc1C(NC(=O)CCCCl)c1ccccc1. The fourth-order valence-electron chi connectivity index (χ4n) is 2.06. The Morgan fingerprint density at radius 2 is 2.15 bits per heavy atom. The van der Waals surface area contributed by atoms with Gasteiger partial charge in [0.25, 0.3) is 0 Å². The molecule has 0 spiro atoms. The first-order valence-electron chi connectivity index (χ1n) is 6.60. The van der Waals surface area contributed by atoms with Gasteiger partial charge in [0.05, 0.1) is 0 Å². The number of carbonyl (C=O) groups is 1. The number of benzene rings is 1. The molecular weight excluding hydrogens is 274 g/mol. The molecule has 1 aromatic carbocycles. The molecule has 1 aromatic heterocycles. The first kappa shape index (κ1) is 14.6. The molecular formula is C15H18ClN3O. The van der Waals surface area contributed by atoms with Crippen LogP contribution in [-0.4, -0.2) is 21.3 Å². The number of alkyl halides is 1. The lowest BCUT2D eigenvalue weighted by Crippen LogP contribution is -2.30. The van der Waals surface area contributed by atoms with Crippen molar-refractivity contribution in [3.05, 3.63) is 54.1 Å². The summed E-state index contributed by atoms with van der Waals surface area (Å²) in [7, 11) is 1.92. The highest BCUT2D eigenvalue weighted by Gasteiger charge is 2.20. The molecule has 0 saturated carbocycles. The van der Waals surface area contributed by atoms with Crippen LogP contribution >= 0.6 is 11.6 Å². The zero-order chi connectivity index (χ0) is 14.4. The Kier molecular flexibility index (Phi) is 5.18. The van der Waals surface area contributed by atoms with Crippen LogP contribution in [0.4, 0.5) is 0 Å². The Morgan fingerprint density at radius 1 is 1.40 bits per heavy atom. The van der Waals surface area contributed by atoms with Crippen LogP contribution < -0.4 is 5.32 Å². The van der Waals surface area contributed by atoms with E-state index in [1.165, 1.54) is 0 Å².